The molecule has 2 rings (SSSR count). The van der Waals surface area contributed by atoms with Gasteiger partial charge in [-0.1, -0.05) is 0 Å². The van der Waals surface area contributed by atoms with E-state index < -0.39 is 17.1 Å². The first-order chi connectivity index (χ1) is 9.63. The van der Waals surface area contributed by atoms with E-state index in [1.54, 1.807) is 33.0 Å². The van der Waals surface area contributed by atoms with Crippen molar-refractivity contribution in [2.75, 3.05) is 6.54 Å². The van der Waals surface area contributed by atoms with Gasteiger partial charge in [0.1, 0.15) is 5.60 Å². The van der Waals surface area contributed by atoms with Crippen LogP contribution in [0.1, 0.15) is 39.8 Å². The van der Waals surface area contributed by atoms with Crippen LogP contribution in [0.3, 0.4) is 0 Å². The predicted molar refractivity (Wildman–Crippen MR) is 81.9 cm³/mol. The lowest BCUT2D eigenvalue weighted by molar-refractivity contribution is -0.131. The van der Waals surface area contributed by atoms with Gasteiger partial charge in [-0.25, -0.2) is 9.69 Å². The van der Waals surface area contributed by atoms with Gasteiger partial charge >= 0.3 is 6.09 Å². The predicted octanol–water partition coefficient (Wildman–Crippen LogP) is 3.27. The van der Waals surface area contributed by atoms with Crippen molar-refractivity contribution in [3.8, 4) is 0 Å². The van der Waals surface area contributed by atoms with Gasteiger partial charge in [-0.15, -0.1) is 0 Å². The summed E-state index contributed by atoms with van der Waals surface area (Å²) >= 11 is 3.32. The molecule has 1 aromatic rings. The highest BCUT2D eigenvalue weighted by Gasteiger charge is 2.48. The molecule has 0 spiro atoms. The lowest BCUT2D eigenvalue weighted by atomic mass is 9.85. The Morgan fingerprint density at radius 1 is 1.43 bits per heavy atom. The van der Waals surface area contributed by atoms with Crippen molar-refractivity contribution in [2.45, 2.75) is 45.1 Å². The van der Waals surface area contributed by atoms with Gasteiger partial charge in [0.05, 0.1) is 11.1 Å². The normalized spacial score (nSPS) is 22.5. The summed E-state index contributed by atoms with van der Waals surface area (Å²) in [5, 5.41) is 0. The Bertz CT molecular complexity index is 565. The summed E-state index contributed by atoms with van der Waals surface area (Å²) in [6.45, 7) is 7.50. The zero-order chi connectivity index (χ0) is 15.8. The molecule has 1 fully saturated rings. The van der Waals surface area contributed by atoms with E-state index >= 15 is 0 Å². The van der Waals surface area contributed by atoms with Gasteiger partial charge in [-0.3, -0.25) is 9.78 Å². The number of rotatable bonds is 1. The highest BCUT2D eigenvalue weighted by molar-refractivity contribution is 9.10. The number of likely N-dealkylation sites (tertiary alicyclic amines) is 1. The molecule has 1 saturated heterocycles. The quantitative estimate of drug-likeness (QED) is 0.776. The number of imide groups is 1. The van der Waals surface area contributed by atoms with Crippen LogP contribution < -0.4 is 0 Å². The highest BCUT2D eigenvalue weighted by atomic mass is 79.9. The van der Waals surface area contributed by atoms with Gasteiger partial charge < -0.3 is 4.74 Å². The zero-order valence-electron chi connectivity index (χ0n) is 12.6. The number of pyridine rings is 1. The van der Waals surface area contributed by atoms with Crippen LogP contribution in [0.4, 0.5) is 4.79 Å². The van der Waals surface area contributed by atoms with Crippen LogP contribution in [-0.4, -0.2) is 34.0 Å². The largest absolute Gasteiger partial charge is 0.443 e. The second kappa shape index (κ2) is 5.40. The average Bonchev–Trinajstić information content (AvgIpc) is 2.66. The molecule has 5 nitrogen and oxygen atoms in total. The van der Waals surface area contributed by atoms with E-state index in [4.69, 9.17) is 4.74 Å². The molecule has 0 aliphatic carbocycles. The molecule has 6 heteroatoms. The molecule has 1 aliphatic rings. The summed E-state index contributed by atoms with van der Waals surface area (Å²) in [5.74, 6) is -0.258. The molecule has 1 aromatic heterocycles. The third-order valence-electron chi connectivity index (χ3n) is 3.46. The molecular weight excluding hydrogens is 336 g/mol. The van der Waals surface area contributed by atoms with Crippen LogP contribution in [0.25, 0.3) is 0 Å². The molecule has 0 N–H and O–H groups in total. The van der Waals surface area contributed by atoms with E-state index in [1.807, 2.05) is 13.0 Å². The molecule has 2 heterocycles. The number of ether oxygens (including phenoxy) is 1. The van der Waals surface area contributed by atoms with Crippen LogP contribution in [-0.2, 0) is 14.9 Å². The van der Waals surface area contributed by atoms with E-state index in [2.05, 4.69) is 20.9 Å². The summed E-state index contributed by atoms with van der Waals surface area (Å²) in [6.07, 6.45) is 1.61. The number of hydrogen-bond acceptors (Lipinski definition) is 4. The lowest BCUT2D eigenvalue weighted by Crippen LogP contribution is -2.42. The molecule has 0 radical (unpaired) electrons. The number of hydrogen-bond donors (Lipinski definition) is 0. The number of carbonyl (C=O) groups excluding carboxylic acids is 2. The Kier molecular flexibility index (Phi) is 4.10. The topological polar surface area (TPSA) is 59.5 Å². The van der Waals surface area contributed by atoms with Crippen molar-refractivity contribution in [3.63, 3.8) is 0 Å². The van der Waals surface area contributed by atoms with E-state index in [0.717, 1.165) is 4.47 Å². The number of carbonyl (C=O) groups is 2. The Morgan fingerprint density at radius 2 is 2.10 bits per heavy atom. The fourth-order valence-electron chi connectivity index (χ4n) is 2.27. The van der Waals surface area contributed by atoms with Crippen molar-refractivity contribution >= 4 is 27.9 Å². The van der Waals surface area contributed by atoms with Crippen molar-refractivity contribution < 1.29 is 14.3 Å². The van der Waals surface area contributed by atoms with Crippen molar-refractivity contribution in [2.24, 2.45) is 0 Å². The molecule has 1 atom stereocenters. The fraction of sp³-hybridized carbons (Fsp3) is 0.533. The molecule has 1 unspecified atom stereocenters. The Morgan fingerprint density at radius 3 is 2.62 bits per heavy atom. The maximum absolute atomic E-state index is 12.6. The SMILES string of the molecule is CC(C)(C)OC(=O)N1CCC(C)(c2ccc(Br)cn2)C1=O. The van der Waals surface area contributed by atoms with E-state index in [0.29, 0.717) is 18.7 Å². The number of halogens is 1. The molecule has 2 amide bonds. The van der Waals surface area contributed by atoms with E-state index in [-0.39, 0.29) is 5.91 Å². The van der Waals surface area contributed by atoms with Gasteiger partial charge in [0.2, 0.25) is 5.91 Å². The summed E-state index contributed by atoms with van der Waals surface area (Å²) in [6, 6.07) is 3.65. The molecular formula is C15H19BrN2O3. The van der Waals surface area contributed by atoms with E-state index in [9.17, 15) is 9.59 Å². The summed E-state index contributed by atoms with van der Waals surface area (Å²) in [4.78, 5) is 30.2. The molecule has 0 bridgehead atoms. The molecule has 114 valence electrons. The number of amides is 2. The number of aromatic nitrogens is 1. The van der Waals surface area contributed by atoms with Crippen LogP contribution in [0.15, 0.2) is 22.8 Å². The second-order valence-corrected chi connectivity index (χ2v) is 7.30. The van der Waals surface area contributed by atoms with Gasteiger partial charge in [0.25, 0.3) is 0 Å². The van der Waals surface area contributed by atoms with Gasteiger partial charge in [0.15, 0.2) is 0 Å². The van der Waals surface area contributed by atoms with Crippen LogP contribution in [0, 0.1) is 0 Å². The van der Waals surface area contributed by atoms with Crippen LogP contribution in [0.5, 0.6) is 0 Å². The Hall–Kier alpha value is -1.43. The summed E-state index contributed by atoms with van der Waals surface area (Å²) in [5.41, 5.74) is -0.731. The average molecular weight is 355 g/mol. The standard InChI is InChI=1S/C15H19BrN2O3/c1-14(2,3)21-13(20)18-8-7-15(4,12(18)19)11-6-5-10(16)9-17-11/h5-6,9H,7-8H2,1-4H3. The van der Waals surface area contributed by atoms with Crippen molar-refractivity contribution in [3.05, 3.63) is 28.5 Å². The van der Waals surface area contributed by atoms with Gasteiger partial charge in [-0.05, 0) is 62.2 Å². The zero-order valence-corrected chi connectivity index (χ0v) is 14.2. The smallest absolute Gasteiger partial charge is 0.417 e. The highest BCUT2D eigenvalue weighted by Crippen LogP contribution is 2.35. The minimum atomic E-state index is -0.780. The number of nitrogens with zero attached hydrogens (tertiary/aromatic N) is 2. The van der Waals surface area contributed by atoms with Crippen LogP contribution >= 0.6 is 15.9 Å². The first-order valence-corrected chi connectivity index (χ1v) is 7.60. The third kappa shape index (κ3) is 3.26. The van der Waals surface area contributed by atoms with Crippen molar-refractivity contribution in [1.82, 2.24) is 9.88 Å². The first-order valence-electron chi connectivity index (χ1n) is 6.80. The Labute approximate surface area is 132 Å². The minimum Gasteiger partial charge on any atom is -0.443 e. The Balaban J connectivity index is 2.21. The van der Waals surface area contributed by atoms with Gasteiger partial charge in [0, 0.05) is 17.2 Å². The van der Waals surface area contributed by atoms with Crippen LogP contribution in [0.2, 0.25) is 0 Å². The maximum atomic E-state index is 12.6. The maximum Gasteiger partial charge on any atom is 0.417 e. The van der Waals surface area contributed by atoms with Crippen molar-refractivity contribution in [1.29, 1.82) is 0 Å². The second-order valence-electron chi connectivity index (χ2n) is 6.38. The lowest BCUT2D eigenvalue weighted by Gasteiger charge is -2.25. The first kappa shape index (κ1) is 15.9. The van der Waals surface area contributed by atoms with Gasteiger partial charge in [-0.2, -0.15) is 0 Å². The monoisotopic (exact) mass is 354 g/mol. The third-order valence-corrected chi connectivity index (χ3v) is 3.93. The molecule has 0 saturated carbocycles. The molecule has 21 heavy (non-hydrogen) atoms. The molecule has 0 aromatic carbocycles. The van der Waals surface area contributed by atoms with E-state index in [1.165, 1.54) is 4.90 Å². The molecule has 1 aliphatic heterocycles. The summed E-state index contributed by atoms with van der Waals surface area (Å²) < 4.78 is 6.13. The summed E-state index contributed by atoms with van der Waals surface area (Å²) in [7, 11) is 0. The fourth-order valence-corrected chi connectivity index (χ4v) is 2.51. The minimum absolute atomic E-state index is 0.258.